The Hall–Kier alpha value is -3.46. The monoisotopic (exact) mass is 811 g/mol. The van der Waals surface area contributed by atoms with Crippen LogP contribution in [0.2, 0.25) is 0 Å². The Morgan fingerprint density at radius 1 is 0.947 bits per heavy atom. The lowest BCUT2D eigenvalue weighted by Gasteiger charge is -2.45. The maximum Gasteiger partial charge on any atom is 0.305 e. The van der Waals surface area contributed by atoms with E-state index in [-0.39, 0.29) is 42.9 Å². The smallest absolute Gasteiger partial charge is 0.305 e. The second kappa shape index (κ2) is 22.1. The molecule has 13 atom stereocenters. The van der Waals surface area contributed by atoms with Crippen LogP contribution < -0.4 is 15.4 Å². The van der Waals surface area contributed by atoms with Gasteiger partial charge in [-0.25, -0.2) is 0 Å². The average molecular weight is 812 g/mol. The van der Waals surface area contributed by atoms with Gasteiger partial charge in [-0.05, 0) is 56.8 Å². The second-order valence-corrected chi connectivity index (χ2v) is 15.0. The zero-order valence-corrected chi connectivity index (χ0v) is 33.4. The van der Waals surface area contributed by atoms with Gasteiger partial charge in [0.1, 0.15) is 55.1 Å². The van der Waals surface area contributed by atoms with Crippen molar-refractivity contribution in [2.45, 2.75) is 147 Å². The van der Waals surface area contributed by atoms with Crippen LogP contribution >= 0.6 is 0 Å². The number of aliphatic hydroxyl groups excluding tert-OH is 5. The number of hydrogen-bond acceptors (Lipinski definition) is 16. The number of hydrogen-bond donors (Lipinski definition) is 7. The van der Waals surface area contributed by atoms with Crippen molar-refractivity contribution < 1.29 is 73.1 Å². The molecule has 3 aliphatic heterocycles. The van der Waals surface area contributed by atoms with Crippen LogP contribution in [0.1, 0.15) is 84.7 Å². The van der Waals surface area contributed by atoms with Gasteiger partial charge >= 0.3 is 11.9 Å². The summed E-state index contributed by atoms with van der Waals surface area (Å²) in [4.78, 5) is 51.8. The van der Waals surface area contributed by atoms with Crippen LogP contribution in [-0.4, -0.2) is 154 Å². The lowest BCUT2D eigenvalue weighted by molar-refractivity contribution is -0.355. The molecule has 3 saturated heterocycles. The summed E-state index contributed by atoms with van der Waals surface area (Å²) >= 11 is 0. The first-order chi connectivity index (χ1) is 27.1. The Labute approximate surface area is 333 Å². The highest BCUT2D eigenvalue weighted by Gasteiger charge is 2.51. The van der Waals surface area contributed by atoms with Crippen LogP contribution in [0.3, 0.4) is 0 Å². The normalized spacial score (nSPS) is 33.7. The van der Waals surface area contributed by atoms with E-state index in [2.05, 4.69) is 10.6 Å². The van der Waals surface area contributed by atoms with E-state index in [0.717, 1.165) is 5.56 Å². The van der Waals surface area contributed by atoms with Gasteiger partial charge in [-0.3, -0.25) is 19.2 Å². The number of nitrogens with one attached hydrogen (secondary N) is 2. The number of rotatable bonds is 12. The molecule has 13 unspecified atom stereocenters. The summed E-state index contributed by atoms with van der Waals surface area (Å²) in [6.07, 6.45) is -13.2. The van der Waals surface area contributed by atoms with E-state index >= 15 is 0 Å². The maximum atomic E-state index is 13.1. The fourth-order valence-electron chi connectivity index (χ4n) is 6.86. The van der Waals surface area contributed by atoms with E-state index in [1.807, 2.05) is 13.8 Å². The van der Waals surface area contributed by atoms with Crippen molar-refractivity contribution >= 4 is 23.8 Å². The number of amides is 2. The number of aliphatic hydroxyl groups is 5. The fraction of sp³-hybridized carbons (Fsp3) is 0.744. The van der Waals surface area contributed by atoms with Gasteiger partial charge in [0.2, 0.25) is 18.1 Å². The number of carbonyl (C=O) groups excluding carboxylic acids is 4. The number of nitrogens with zero attached hydrogens (tertiary/aromatic N) is 1. The first-order valence-electron chi connectivity index (χ1n) is 19.9. The minimum atomic E-state index is -1.80. The van der Waals surface area contributed by atoms with Crippen molar-refractivity contribution in [2.24, 2.45) is 5.92 Å². The third-order valence-corrected chi connectivity index (χ3v) is 10.4. The third kappa shape index (κ3) is 13.0. The van der Waals surface area contributed by atoms with E-state index in [1.165, 1.54) is 13.8 Å². The molecular weight excluding hydrogens is 750 g/mol. The first-order valence-corrected chi connectivity index (χ1v) is 19.9. The molecule has 4 rings (SSSR count). The second-order valence-electron chi connectivity index (χ2n) is 15.0. The predicted octanol–water partition coefficient (Wildman–Crippen LogP) is -0.195. The lowest BCUT2D eigenvalue weighted by atomic mass is 9.97. The molecule has 322 valence electrons. The molecule has 0 bridgehead atoms. The van der Waals surface area contributed by atoms with Crippen LogP contribution in [0.15, 0.2) is 24.3 Å². The van der Waals surface area contributed by atoms with Gasteiger partial charge in [-0.1, -0.05) is 32.9 Å². The molecule has 0 spiro atoms. The van der Waals surface area contributed by atoms with Crippen molar-refractivity contribution in [1.82, 2.24) is 15.5 Å². The SMILES string of the molecule is CCCC(=O)OCC1OC(OC2C(Oc3ccc(C4CC(=O)NCCCN(C(=O)C(C)CC)CC(OC(C)=O)CCN4)cc3)OC(C)C(O)C2O)C(O)C(O)C1O. The van der Waals surface area contributed by atoms with E-state index < -0.39 is 92.1 Å². The summed E-state index contributed by atoms with van der Waals surface area (Å²) in [5, 5.41) is 59.8. The Morgan fingerprint density at radius 3 is 2.33 bits per heavy atom. The standard InChI is InChI=1S/C39H61N3O15/c1-6-9-30(45)52-20-28-32(47)33(48)35(50)38(56-28)57-36-34(49)31(46)22(4)53-39(36)55-25-12-10-24(11-13-25)27-18-29(44)41-15-8-17-42(37(51)21(3)7-2)19-26(14-16-40-27)54-23(5)43/h10-13,21-22,26-28,31-36,38-40,46-50H,6-9,14-20H2,1-5H3,(H,41,44). The van der Waals surface area contributed by atoms with Gasteiger partial charge in [-0.15, -0.1) is 0 Å². The molecule has 18 nitrogen and oxygen atoms in total. The van der Waals surface area contributed by atoms with Gasteiger partial charge in [0.05, 0.1) is 12.6 Å². The molecule has 1 aromatic rings. The van der Waals surface area contributed by atoms with Crippen molar-refractivity contribution in [1.29, 1.82) is 0 Å². The Balaban J connectivity index is 1.47. The van der Waals surface area contributed by atoms with E-state index in [4.69, 9.17) is 28.4 Å². The third-order valence-electron chi connectivity index (χ3n) is 10.4. The number of ether oxygens (including phenoxy) is 6. The molecule has 3 fully saturated rings. The molecule has 2 amide bonds. The molecule has 3 aliphatic rings. The van der Waals surface area contributed by atoms with Crippen LogP contribution in [0.4, 0.5) is 0 Å². The zero-order valence-electron chi connectivity index (χ0n) is 33.4. The number of benzene rings is 1. The highest BCUT2D eigenvalue weighted by Crippen LogP contribution is 2.31. The summed E-state index contributed by atoms with van der Waals surface area (Å²) < 4.78 is 34.3. The molecule has 0 saturated carbocycles. The molecule has 3 heterocycles. The van der Waals surface area contributed by atoms with Crippen LogP contribution in [0, 0.1) is 5.92 Å². The zero-order chi connectivity index (χ0) is 41.8. The van der Waals surface area contributed by atoms with Gasteiger partial charge in [0, 0.05) is 44.8 Å². The molecule has 7 N–H and O–H groups in total. The molecule has 57 heavy (non-hydrogen) atoms. The van der Waals surface area contributed by atoms with Gasteiger partial charge in [0.15, 0.2) is 12.4 Å². The van der Waals surface area contributed by atoms with Crippen LogP contribution in [0.5, 0.6) is 5.75 Å². The molecule has 0 radical (unpaired) electrons. The van der Waals surface area contributed by atoms with E-state index in [1.54, 1.807) is 36.1 Å². The summed E-state index contributed by atoms with van der Waals surface area (Å²) in [6.45, 7) is 9.33. The van der Waals surface area contributed by atoms with E-state index in [0.29, 0.717) is 45.3 Å². The fourth-order valence-corrected chi connectivity index (χ4v) is 6.86. The highest BCUT2D eigenvalue weighted by atomic mass is 16.8. The van der Waals surface area contributed by atoms with Gasteiger partial charge in [-0.2, -0.15) is 0 Å². The van der Waals surface area contributed by atoms with Gasteiger partial charge in [0.25, 0.3) is 0 Å². The molecule has 18 heteroatoms. The lowest BCUT2D eigenvalue weighted by Crippen LogP contribution is -2.64. The summed E-state index contributed by atoms with van der Waals surface area (Å²) in [5.41, 5.74) is 0.725. The Kier molecular flexibility index (Phi) is 17.9. The van der Waals surface area contributed by atoms with Crippen molar-refractivity contribution in [3.8, 4) is 5.75 Å². The quantitative estimate of drug-likeness (QED) is 0.135. The van der Waals surface area contributed by atoms with Crippen LogP contribution in [0.25, 0.3) is 0 Å². The summed E-state index contributed by atoms with van der Waals surface area (Å²) in [5.74, 6) is -1.18. The van der Waals surface area contributed by atoms with Crippen molar-refractivity contribution in [3.05, 3.63) is 29.8 Å². The Bertz CT molecular complexity index is 1450. The number of esters is 2. The average Bonchev–Trinajstić information content (AvgIpc) is 3.19. The summed E-state index contributed by atoms with van der Waals surface area (Å²) in [7, 11) is 0. The maximum absolute atomic E-state index is 13.1. The molecule has 1 aromatic carbocycles. The highest BCUT2D eigenvalue weighted by molar-refractivity contribution is 5.78. The van der Waals surface area contributed by atoms with E-state index in [9.17, 15) is 44.7 Å². The van der Waals surface area contributed by atoms with Crippen LogP contribution in [-0.2, 0) is 42.9 Å². The molecule has 0 aliphatic carbocycles. The minimum Gasteiger partial charge on any atom is -0.463 e. The first kappa shape index (κ1) is 46.2. The van der Waals surface area contributed by atoms with Gasteiger partial charge < -0.3 is 69.5 Å². The largest absolute Gasteiger partial charge is 0.463 e. The topological polar surface area (TPSA) is 252 Å². The van der Waals surface area contributed by atoms with Crippen molar-refractivity contribution in [3.63, 3.8) is 0 Å². The van der Waals surface area contributed by atoms with Crippen molar-refractivity contribution in [2.75, 3.05) is 32.8 Å². The molecular formula is C39H61N3O15. The molecule has 0 aromatic heterocycles. The Morgan fingerprint density at radius 2 is 1.67 bits per heavy atom. The minimum absolute atomic E-state index is 0.0326. The predicted molar refractivity (Wildman–Crippen MR) is 200 cm³/mol. The number of carbonyl (C=O) groups is 4. The summed E-state index contributed by atoms with van der Waals surface area (Å²) in [6, 6.07) is 6.24.